The van der Waals surface area contributed by atoms with Crippen molar-refractivity contribution in [2.24, 2.45) is 0 Å². The van der Waals surface area contributed by atoms with Crippen LogP contribution in [-0.2, 0) is 13.1 Å². The Balaban J connectivity index is 1.90. The van der Waals surface area contributed by atoms with Gasteiger partial charge in [0.25, 0.3) is 0 Å². The van der Waals surface area contributed by atoms with E-state index < -0.39 is 5.97 Å². The number of carboxylic acids is 1. The van der Waals surface area contributed by atoms with E-state index in [-0.39, 0.29) is 5.56 Å². The van der Waals surface area contributed by atoms with Gasteiger partial charge in [0.15, 0.2) is 5.82 Å². The van der Waals surface area contributed by atoms with E-state index in [1.54, 1.807) is 12.4 Å². The molecule has 0 radical (unpaired) electrons. The van der Waals surface area contributed by atoms with E-state index in [9.17, 15) is 4.79 Å². The summed E-state index contributed by atoms with van der Waals surface area (Å²) in [5, 5.41) is 16.9. The summed E-state index contributed by atoms with van der Waals surface area (Å²) in [5.41, 5.74) is 1.06. The van der Waals surface area contributed by atoms with Gasteiger partial charge in [0.1, 0.15) is 12.1 Å². The number of aryl methyl sites for hydroxylation is 1. The molecule has 2 aromatic heterocycles. The maximum absolute atomic E-state index is 10.9. The zero-order chi connectivity index (χ0) is 13.4. The molecule has 0 aromatic carbocycles. The van der Waals surface area contributed by atoms with E-state index in [0.29, 0.717) is 6.54 Å². The summed E-state index contributed by atoms with van der Waals surface area (Å²) in [6.45, 7) is 4.13. The Labute approximate surface area is 109 Å². The van der Waals surface area contributed by atoms with Crippen LogP contribution in [0.4, 0.5) is 5.82 Å². The summed E-state index contributed by atoms with van der Waals surface area (Å²) < 4.78 is 2.01. The predicted octanol–water partition coefficient (Wildman–Crippen LogP) is 0.700. The lowest BCUT2D eigenvalue weighted by molar-refractivity contribution is 0.0696. The van der Waals surface area contributed by atoms with Crippen molar-refractivity contribution >= 4 is 11.8 Å². The minimum absolute atomic E-state index is 0.210. The number of aromatic carboxylic acids is 1. The lowest BCUT2D eigenvalue weighted by Gasteiger charge is -2.29. The van der Waals surface area contributed by atoms with Gasteiger partial charge in [-0.1, -0.05) is 0 Å². The number of anilines is 1. The predicted molar refractivity (Wildman–Crippen MR) is 67.0 cm³/mol. The summed E-state index contributed by atoms with van der Waals surface area (Å²) in [5.74, 6) is 0.745. The third kappa shape index (κ3) is 2.03. The van der Waals surface area contributed by atoms with Crippen molar-refractivity contribution in [3.63, 3.8) is 0 Å². The van der Waals surface area contributed by atoms with Crippen LogP contribution in [0, 0.1) is 6.92 Å². The number of carbonyl (C=O) groups is 1. The average Bonchev–Trinajstić information content (AvgIpc) is 2.85. The molecule has 0 atom stereocenters. The summed E-state index contributed by atoms with van der Waals surface area (Å²) in [6.07, 6.45) is 3.12. The second-order valence-electron chi connectivity index (χ2n) is 4.53. The lowest BCUT2D eigenvalue weighted by Crippen LogP contribution is -2.34. The van der Waals surface area contributed by atoms with Gasteiger partial charge in [-0.3, -0.25) is 0 Å². The van der Waals surface area contributed by atoms with Crippen LogP contribution in [0.25, 0.3) is 0 Å². The van der Waals surface area contributed by atoms with Crippen LogP contribution in [-0.4, -0.2) is 37.4 Å². The van der Waals surface area contributed by atoms with Gasteiger partial charge >= 0.3 is 5.97 Å². The van der Waals surface area contributed by atoms with Crippen molar-refractivity contribution in [2.75, 3.05) is 11.4 Å². The average molecular weight is 259 g/mol. The number of fused-ring (bicyclic) bond motifs is 1. The smallest absolute Gasteiger partial charge is 0.337 e. The van der Waals surface area contributed by atoms with Gasteiger partial charge in [0.05, 0.1) is 12.1 Å². The van der Waals surface area contributed by atoms with Gasteiger partial charge in [-0.25, -0.2) is 9.78 Å². The number of rotatable bonds is 2. The van der Waals surface area contributed by atoms with E-state index >= 15 is 0 Å². The standard InChI is InChI=1S/C12H13N5O2/c1-8-4-9(12(18)19)5-13-11(8)16-2-3-17-7-14-15-10(17)6-16/h4-5,7H,2-3,6H2,1H3,(H,18,19). The first-order valence-electron chi connectivity index (χ1n) is 5.97. The molecule has 7 heteroatoms. The van der Waals surface area contributed by atoms with Crippen molar-refractivity contribution in [3.8, 4) is 0 Å². The van der Waals surface area contributed by atoms with Crippen LogP contribution in [0.5, 0.6) is 0 Å². The summed E-state index contributed by atoms with van der Waals surface area (Å²) in [6, 6.07) is 1.64. The highest BCUT2D eigenvalue weighted by Crippen LogP contribution is 2.22. The molecule has 0 saturated carbocycles. The van der Waals surface area contributed by atoms with E-state index in [2.05, 4.69) is 20.1 Å². The molecule has 19 heavy (non-hydrogen) atoms. The van der Waals surface area contributed by atoms with Crippen molar-refractivity contribution in [1.29, 1.82) is 0 Å². The fourth-order valence-corrected chi connectivity index (χ4v) is 2.26. The van der Waals surface area contributed by atoms with Crippen molar-refractivity contribution in [1.82, 2.24) is 19.7 Å². The number of hydrogen-bond donors (Lipinski definition) is 1. The molecule has 98 valence electrons. The van der Waals surface area contributed by atoms with Crippen LogP contribution in [0.1, 0.15) is 21.7 Å². The third-order valence-electron chi connectivity index (χ3n) is 3.24. The summed E-state index contributed by atoms with van der Waals surface area (Å²) >= 11 is 0. The largest absolute Gasteiger partial charge is 0.478 e. The van der Waals surface area contributed by atoms with E-state index in [0.717, 1.165) is 30.3 Å². The molecule has 3 heterocycles. The van der Waals surface area contributed by atoms with Crippen LogP contribution >= 0.6 is 0 Å². The minimum Gasteiger partial charge on any atom is -0.478 e. The molecule has 2 aromatic rings. The molecule has 0 amide bonds. The molecule has 0 fully saturated rings. The number of hydrogen-bond acceptors (Lipinski definition) is 5. The Bertz CT molecular complexity index is 637. The Hall–Kier alpha value is -2.44. The van der Waals surface area contributed by atoms with E-state index in [1.165, 1.54) is 6.20 Å². The summed E-state index contributed by atoms with van der Waals surface area (Å²) in [7, 11) is 0. The molecular formula is C12H13N5O2. The van der Waals surface area contributed by atoms with E-state index in [1.807, 2.05) is 11.5 Å². The molecular weight excluding hydrogens is 246 g/mol. The number of nitrogens with zero attached hydrogens (tertiary/aromatic N) is 5. The highest BCUT2D eigenvalue weighted by molar-refractivity contribution is 5.87. The molecule has 7 nitrogen and oxygen atoms in total. The zero-order valence-corrected chi connectivity index (χ0v) is 10.4. The van der Waals surface area contributed by atoms with Gasteiger partial charge < -0.3 is 14.6 Å². The fourth-order valence-electron chi connectivity index (χ4n) is 2.26. The summed E-state index contributed by atoms with van der Waals surface area (Å²) in [4.78, 5) is 17.3. The number of carboxylic acid groups (broad SMARTS) is 1. The molecule has 0 aliphatic carbocycles. The molecule has 0 saturated heterocycles. The Morgan fingerprint density at radius 3 is 3.00 bits per heavy atom. The first-order chi connectivity index (χ1) is 9.15. The topological polar surface area (TPSA) is 84.1 Å². The maximum Gasteiger partial charge on any atom is 0.337 e. The normalized spacial score (nSPS) is 14.3. The van der Waals surface area contributed by atoms with Gasteiger partial charge in [0, 0.05) is 19.3 Å². The first kappa shape index (κ1) is 11.6. The monoisotopic (exact) mass is 259 g/mol. The van der Waals surface area contributed by atoms with Crippen LogP contribution in [0.2, 0.25) is 0 Å². The quantitative estimate of drug-likeness (QED) is 0.854. The van der Waals surface area contributed by atoms with Crippen molar-refractivity contribution in [3.05, 3.63) is 35.5 Å². The molecule has 3 rings (SSSR count). The van der Waals surface area contributed by atoms with E-state index in [4.69, 9.17) is 5.11 Å². The lowest BCUT2D eigenvalue weighted by atomic mass is 10.2. The van der Waals surface area contributed by atoms with Crippen LogP contribution in [0.15, 0.2) is 18.6 Å². The highest BCUT2D eigenvalue weighted by Gasteiger charge is 2.20. The molecule has 1 aliphatic rings. The number of aromatic nitrogens is 4. The minimum atomic E-state index is -0.958. The SMILES string of the molecule is Cc1cc(C(=O)O)cnc1N1CCn2cnnc2C1. The van der Waals surface area contributed by atoms with Gasteiger partial charge in [0.2, 0.25) is 0 Å². The molecule has 0 spiro atoms. The molecule has 1 N–H and O–H groups in total. The second-order valence-corrected chi connectivity index (χ2v) is 4.53. The molecule has 0 unspecified atom stereocenters. The first-order valence-corrected chi connectivity index (χ1v) is 5.97. The highest BCUT2D eigenvalue weighted by atomic mass is 16.4. The van der Waals surface area contributed by atoms with Crippen LogP contribution in [0.3, 0.4) is 0 Å². The Morgan fingerprint density at radius 2 is 2.26 bits per heavy atom. The van der Waals surface area contributed by atoms with Crippen LogP contribution < -0.4 is 4.90 Å². The maximum atomic E-state index is 10.9. The fraction of sp³-hybridized carbons (Fsp3) is 0.333. The van der Waals surface area contributed by atoms with Gasteiger partial charge in [-0.15, -0.1) is 10.2 Å². The van der Waals surface area contributed by atoms with Crippen molar-refractivity contribution < 1.29 is 9.90 Å². The number of pyridine rings is 1. The Kier molecular flexibility index (Phi) is 2.66. The zero-order valence-electron chi connectivity index (χ0n) is 10.4. The van der Waals surface area contributed by atoms with Gasteiger partial charge in [-0.2, -0.15) is 0 Å². The molecule has 0 bridgehead atoms. The third-order valence-corrected chi connectivity index (χ3v) is 3.24. The van der Waals surface area contributed by atoms with Crippen molar-refractivity contribution in [2.45, 2.75) is 20.0 Å². The Morgan fingerprint density at radius 1 is 1.42 bits per heavy atom. The second kappa shape index (κ2) is 4.34. The van der Waals surface area contributed by atoms with Gasteiger partial charge in [-0.05, 0) is 18.6 Å². The molecule has 1 aliphatic heterocycles.